The van der Waals surface area contributed by atoms with Crippen LogP contribution in [0, 0.1) is 11.3 Å². The number of hydrogen-bond donors (Lipinski definition) is 2. The van der Waals surface area contributed by atoms with Gasteiger partial charge < -0.3 is 25.2 Å². The van der Waals surface area contributed by atoms with Gasteiger partial charge in [0.15, 0.2) is 0 Å². The predicted molar refractivity (Wildman–Crippen MR) is 97.1 cm³/mol. The van der Waals surface area contributed by atoms with Crippen LogP contribution < -0.4 is 10.6 Å². The number of hydrogen-bond acceptors (Lipinski definition) is 6. The van der Waals surface area contributed by atoms with Gasteiger partial charge in [-0.05, 0) is 33.6 Å². The van der Waals surface area contributed by atoms with Crippen LogP contribution in [0.1, 0.15) is 33.6 Å². The smallest absolute Gasteiger partial charge is 0.410 e. The lowest BCUT2D eigenvalue weighted by molar-refractivity contribution is -0.127. The molecule has 0 spiro atoms. The van der Waals surface area contributed by atoms with Gasteiger partial charge in [-0.3, -0.25) is 4.79 Å². The summed E-state index contributed by atoms with van der Waals surface area (Å²) in [4.78, 5) is 27.8. The summed E-state index contributed by atoms with van der Waals surface area (Å²) in [5, 5.41) is 15.6. The Morgan fingerprint density at radius 3 is 2.31 bits per heavy atom. The minimum atomic E-state index is -0.499. The summed E-state index contributed by atoms with van der Waals surface area (Å²) in [5.41, 5.74) is -0.373. The topological polar surface area (TPSA) is 97.7 Å². The molecular formula is C18H29N5O3. The molecule has 144 valence electrons. The number of piperazine rings is 1. The first-order valence-electron chi connectivity index (χ1n) is 9.14. The number of nitrogens with zero attached hydrogens (tertiary/aromatic N) is 3. The second kappa shape index (κ2) is 8.90. The van der Waals surface area contributed by atoms with E-state index in [-0.39, 0.29) is 23.6 Å². The van der Waals surface area contributed by atoms with Gasteiger partial charge >= 0.3 is 6.09 Å². The molecule has 0 unspecified atom stereocenters. The van der Waals surface area contributed by atoms with E-state index >= 15 is 0 Å². The molecule has 0 aromatic heterocycles. The maximum atomic E-state index is 12.4. The molecule has 2 aliphatic heterocycles. The van der Waals surface area contributed by atoms with E-state index in [0.717, 1.165) is 25.9 Å². The molecule has 0 bridgehead atoms. The number of rotatable bonds is 3. The first kappa shape index (κ1) is 20.0. The SMILES string of the molecule is CC(C)(C)OC(=O)N1CCC(N/C=C(/C#N)C(=O)N2CCNCC2)CC1. The van der Waals surface area contributed by atoms with E-state index in [1.165, 1.54) is 6.20 Å². The van der Waals surface area contributed by atoms with Crippen LogP contribution in [0.2, 0.25) is 0 Å². The molecule has 2 N–H and O–H groups in total. The van der Waals surface area contributed by atoms with Crippen molar-refractivity contribution >= 4 is 12.0 Å². The van der Waals surface area contributed by atoms with Crippen LogP contribution in [0.15, 0.2) is 11.8 Å². The van der Waals surface area contributed by atoms with E-state index in [4.69, 9.17) is 4.74 Å². The normalized spacial score (nSPS) is 19.7. The fourth-order valence-electron chi connectivity index (χ4n) is 2.94. The fraction of sp³-hybridized carbons (Fsp3) is 0.722. The lowest BCUT2D eigenvalue weighted by Crippen LogP contribution is -2.47. The van der Waals surface area contributed by atoms with Crippen molar-refractivity contribution < 1.29 is 14.3 Å². The monoisotopic (exact) mass is 363 g/mol. The number of carbonyl (C=O) groups is 2. The second-order valence-electron chi connectivity index (χ2n) is 7.62. The molecule has 2 amide bonds. The molecule has 0 aromatic carbocycles. The summed E-state index contributed by atoms with van der Waals surface area (Å²) in [7, 11) is 0. The molecule has 2 heterocycles. The van der Waals surface area contributed by atoms with Crippen LogP contribution >= 0.6 is 0 Å². The maximum absolute atomic E-state index is 12.4. The summed E-state index contributed by atoms with van der Waals surface area (Å²) >= 11 is 0. The van der Waals surface area contributed by atoms with Crippen LogP contribution in [0.3, 0.4) is 0 Å². The molecule has 0 saturated carbocycles. The maximum Gasteiger partial charge on any atom is 0.410 e. The van der Waals surface area contributed by atoms with Gasteiger partial charge in [0.05, 0.1) is 0 Å². The summed E-state index contributed by atoms with van der Waals surface area (Å²) in [6, 6.07) is 2.13. The molecule has 0 aliphatic carbocycles. The summed E-state index contributed by atoms with van der Waals surface area (Å²) in [5.74, 6) is -0.229. The zero-order valence-electron chi connectivity index (χ0n) is 15.9. The van der Waals surface area contributed by atoms with Crippen molar-refractivity contribution in [1.29, 1.82) is 5.26 Å². The van der Waals surface area contributed by atoms with Crippen molar-refractivity contribution in [1.82, 2.24) is 20.4 Å². The Morgan fingerprint density at radius 1 is 1.15 bits per heavy atom. The third-order valence-corrected chi connectivity index (χ3v) is 4.37. The van der Waals surface area contributed by atoms with Gasteiger partial charge in [0.25, 0.3) is 5.91 Å². The second-order valence-corrected chi connectivity index (χ2v) is 7.62. The van der Waals surface area contributed by atoms with Crippen molar-refractivity contribution in [2.45, 2.75) is 45.3 Å². The van der Waals surface area contributed by atoms with Gasteiger partial charge in [0.2, 0.25) is 0 Å². The van der Waals surface area contributed by atoms with Crippen LogP contribution in [0.25, 0.3) is 0 Å². The van der Waals surface area contributed by atoms with E-state index in [1.807, 2.05) is 26.8 Å². The lowest BCUT2D eigenvalue weighted by atomic mass is 10.1. The van der Waals surface area contributed by atoms with Crippen LogP contribution in [0.4, 0.5) is 4.79 Å². The molecule has 8 nitrogen and oxygen atoms in total. The largest absolute Gasteiger partial charge is 0.444 e. The zero-order chi connectivity index (χ0) is 19.2. The Hall–Kier alpha value is -2.27. The molecule has 2 saturated heterocycles. The number of likely N-dealkylation sites (tertiary alicyclic amines) is 1. The highest BCUT2D eigenvalue weighted by molar-refractivity contribution is 5.97. The molecule has 0 atom stereocenters. The van der Waals surface area contributed by atoms with Crippen molar-refractivity contribution in [3.63, 3.8) is 0 Å². The highest BCUT2D eigenvalue weighted by Gasteiger charge is 2.27. The van der Waals surface area contributed by atoms with Crippen molar-refractivity contribution in [3.8, 4) is 6.07 Å². The molecule has 0 aromatic rings. The average Bonchev–Trinajstić information content (AvgIpc) is 2.62. The number of carbonyl (C=O) groups excluding carboxylic acids is 2. The average molecular weight is 363 g/mol. The number of ether oxygens (including phenoxy) is 1. The first-order chi connectivity index (χ1) is 12.3. The summed E-state index contributed by atoms with van der Waals surface area (Å²) in [6.07, 6.45) is 2.73. The Bertz CT molecular complexity index is 577. The highest BCUT2D eigenvalue weighted by Crippen LogP contribution is 2.15. The third kappa shape index (κ3) is 5.92. The first-order valence-corrected chi connectivity index (χ1v) is 9.14. The predicted octanol–water partition coefficient (Wildman–Crippen LogP) is 0.815. The summed E-state index contributed by atoms with van der Waals surface area (Å²) < 4.78 is 5.38. The molecule has 0 radical (unpaired) electrons. The molecule has 2 fully saturated rings. The quantitative estimate of drug-likeness (QED) is 0.569. The molecule has 26 heavy (non-hydrogen) atoms. The number of amides is 2. The third-order valence-electron chi connectivity index (χ3n) is 4.37. The summed E-state index contributed by atoms with van der Waals surface area (Å²) in [6.45, 7) is 9.47. The van der Waals surface area contributed by atoms with E-state index in [1.54, 1.807) is 9.80 Å². The van der Waals surface area contributed by atoms with Crippen molar-refractivity contribution in [2.75, 3.05) is 39.3 Å². The van der Waals surface area contributed by atoms with Gasteiger partial charge in [-0.25, -0.2) is 4.79 Å². The number of piperidine rings is 1. The van der Waals surface area contributed by atoms with Gasteiger partial charge in [0, 0.05) is 51.5 Å². The minimum Gasteiger partial charge on any atom is -0.444 e. The highest BCUT2D eigenvalue weighted by atomic mass is 16.6. The van der Waals surface area contributed by atoms with Crippen LogP contribution in [-0.2, 0) is 9.53 Å². The Balaban J connectivity index is 1.82. The number of nitriles is 1. The van der Waals surface area contributed by atoms with Gasteiger partial charge in [-0.15, -0.1) is 0 Å². The number of nitrogens with one attached hydrogen (secondary N) is 2. The van der Waals surface area contributed by atoms with E-state index < -0.39 is 5.60 Å². The van der Waals surface area contributed by atoms with Gasteiger partial charge in [0.1, 0.15) is 17.2 Å². The Morgan fingerprint density at radius 2 is 1.77 bits per heavy atom. The minimum absolute atomic E-state index is 0.126. The molecule has 2 rings (SSSR count). The standard InChI is InChI=1S/C18H29N5O3/c1-18(2,3)26-17(25)23-8-4-15(5-9-23)21-13-14(12-19)16(24)22-10-6-20-7-11-22/h13,15,20-21H,4-11H2,1-3H3/b14-13-. The Labute approximate surface area is 155 Å². The van der Waals surface area contributed by atoms with Gasteiger partial charge in [-0.2, -0.15) is 5.26 Å². The van der Waals surface area contributed by atoms with Crippen molar-refractivity contribution in [2.24, 2.45) is 0 Å². The van der Waals surface area contributed by atoms with E-state index in [0.29, 0.717) is 26.2 Å². The van der Waals surface area contributed by atoms with E-state index in [2.05, 4.69) is 10.6 Å². The van der Waals surface area contributed by atoms with Gasteiger partial charge in [-0.1, -0.05) is 0 Å². The Kier molecular flexibility index (Phi) is 6.86. The zero-order valence-corrected chi connectivity index (χ0v) is 15.9. The van der Waals surface area contributed by atoms with E-state index in [9.17, 15) is 14.9 Å². The lowest BCUT2D eigenvalue weighted by Gasteiger charge is -2.33. The molecular weight excluding hydrogens is 334 g/mol. The molecule has 2 aliphatic rings. The van der Waals surface area contributed by atoms with Crippen molar-refractivity contribution in [3.05, 3.63) is 11.8 Å². The fourth-order valence-corrected chi connectivity index (χ4v) is 2.94. The van der Waals surface area contributed by atoms with Crippen LogP contribution in [0.5, 0.6) is 0 Å². The van der Waals surface area contributed by atoms with Crippen LogP contribution in [-0.4, -0.2) is 72.7 Å². The molecule has 8 heteroatoms.